The second-order valence-corrected chi connectivity index (χ2v) is 7.02. The molecule has 0 spiro atoms. The molecule has 1 aliphatic heterocycles. The molecule has 1 aromatic rings. The Balaban J connectivity index is 1.93. The number of nitrogens with one attached hydrogen (secondary N) is 2. The molecule has 1 aliphatic rings. The summed E-state index contributed by atoms with van der Waals surface area (Å²) in [4.78, 5) is 12.1. The summed E-state index contributed by atoms with van der Waals surface area (Å²) in [5.74, 6) is 0.632. The normalized spacial score (nSPS) is 17.3. The van der Waals surface area contributed by atoms with Gasteiger partial charge in [0.15, 0.2) is 11.5 Å². The summed E-state index contributed by atoms with van der Waals surface area (Å²) in [6.07, 6.45) is 0.539. The highest BCUT2D eigenvalue weighted by Gasteiger charge is 2.27. The molecule has 1 heterocycles. The Labute approximate surface area is 130 Å². The molecule has 1 aromatic carbocycles. The van der Waals surface area contributed by atoms with E-state index in [1.54, 1.807) is 7.11 Å². The molecule has 0 aliphatic carbocycles. The number of carbonyl (C=O) groups is 1. The molecule has 1 amide bonds. The number of rotatable bonds is 6. The molecule has 0 aromatic heterocycles. The number of hydrogen-bond donors (Lipinski definition) is 2. The smallest absolute Gasteiger partial charge is 0.226 e. The highest BCUT2D eigenvalue weighted by molar-refractivity contribution is 7.89. The summed E-state index contributed by atoms with van der Waals surface area (Å²) in [5.41, 5.74) is 0.911. The number of hydrogen-bond acceptors (Lipinski definition) is 5. The lowest BCUT2D eigenvalue weighted by atomic mass is 9.95. The van der Waals surface area contributed by atoms with Gasteiger partial charge in [-0.3, -0.25) is 4.79 Å². The molecular weight excluding hydrogens is 308 g/mol. The van der Waals surface area contributed by atoms with Crippen molar-refractivity contribution in [3.8, 4) is 11.5 Å². The summed E-state index contributed by atoms with van der Waals surface area (Å²) in [7, 11) is -0.403. The third kappa shape index (κ3) is 3.89. The van der Waals surface area contributed by atoms with E-state index in [1.165, 1.54) is 7.05 Å². The van der Waals surface area contributed by atoms with Crippen LogP contribution in [0.1, 0.15) is 5.56 Å². The zero-order valence-corrected chi connectivity index (χ0v) is 13.4. The molecule has 2 rings (SSSR count). The van der Waals surface area contributed by atoms with Crippen molar-refractivity contribution in [2.75, 3.05) is 33.1 Å². The second kappa shape index (κ2) is 6.97. The minimum Gasteiger partial charge on any atom is -0.493 e. The summed E-state index contributed by atoms with van der Waals surface area (Å²) in [6, 6.07) is 5.55. The Morgan fingerprint density at radius 1 is 1.45 bits per heavy atom. The number of amides is 1. The number of methoxy groups -OCH3 is 1. The van der Waals surface area contributed by atoms with Crippen molar-refractivity contribution in [3.63, 3.8) is 0 Å². The summed E-state index contributed by atoms with van der Waals surface area (Å²) in [5, 5.41) is 2.63. The van der Waals surface area contributed by atoms with E-state index < -0.39 is 10.0 Å². The van der Waals surface area contributed by atoms with Crippen molar-refractivity contribution < 1.29 is 22.7 Å². The predicted molar refractivity (Wildman–Crippen MR) is 81.5 cm³/mol. The molecule has 2 N–H and O–H groups in total. The average Bonchev–Trinajstić information content (AvgIpc) is 2.53. The molecule has 0 bridgehead atoms. The van der Waals surface area contributed by atoms with Crippen molar-refractivity contribution in [2.45, 2.75) is 6.42 Å². The van der Waals surface area contributed by atoms with E-state index in [4.69, 9.17) is 9.47 Å². The van der Waals surface area contributed by atoms with E-state index in [2.05, 4.69) is 10.0 Å². The number of benzene rings is 1. The van der Waals surface area contributed by atoms with Gasteiger partial charge >= 0.3 is 0 Å². The molecule has 122 valence electrons. The number of ether oxygens (including phenoxy) is 2. The highest BCUT2D eigenvalue weighted by Crippen LogP contribution is 2.35. The first-order valence-electron chi connectivity index (χ1n) is 6.94. The van der Waals surface area contributed by atoms with E-state index in [0.29, 0.717) is 17.9 Å². The van der Waals surface area contributed by atoms with Crippen LogP contribution in [0.25, 0.3) is 0 Å². The highest BCUT2D eigenvalue weighted by atomic mass is 32.2. The van der Waals surface area contributed by atoms with Gasteiger partial charge in [-0.2, -0.15) is 0 Å². The van der Waals surface area contributed by atoms with Gasteiger partial charge in [-0.1, -0.05) is 12.1 Å². The van der Waals surface area contributed by atoms with Gasteiger partial charge in [0.05, 0.1) is 18.8 Å². The maximum absolute atomic E-state index is 12.1. The number of carbonyl (C=O) groups excluding carboxylic acids is 1. The van der Waals surface area contributed by atoms with Crippen LogP contribution in [-0.4, -0.2) is 47.4 Å². The number of fused-ring (bicyclic) bond motifs is 1. The van der Waals surface area contributed by atoms with Gasteiger partial charge in [0, 0.05) is 6.54 Å². The molecule has 0 saturated heterocycles. The zero-order chi connectivity index (χ0) is 16.2. The summed E-state index contributed by atoms with van der Waals surface area (Å²) in [6.45, 7) is 0.321. The van der Waals surface area contributed by atoms with Gasteiger partial charge in [-0.25, -0.2) is 13.1 Å². The standard InChI is InChI=1S/C14H20N2O5S/c1-15-22(18,19)7-6-16-14(17)11-8-10-4-3-5-12(20-2)13(10)21-9-11/h3-5,11,15H,6-9H2,1-2H3,(H,16,17)/t11-/m1/s1. The molecule has 0 fully saturated rings. The molecule has 0 saturated carbocycles. The van der Waals surface area contributed by atoms with Gasteiger partial charge in [0.2, 0.25) is 15.9 Å². The predicted octanol–water partition coefficient (Wildman–Crippen LogP) is -0.0883. The van der Waals surface area contributed by atoms with Gasteiger partial charge in [0.1, 0.15) is 6.61 Å². The quantitative estimate of drug-likeness (QED) is 0.761. The Kier molecular flexibility index (Phi) is 5.25. The van der Waals surface area contributed by atoms with Crippen LogP contribution >= 0.6 is 0 Å². The van der Waals surface area contributed by atoms with E-state index in [0.717, 1.165) is 5.56 Å². The summed E-state index contributed by atoms with van der Waals surface area (Å²) < 4.78 is 35.6. The molecule has 0 unspecified atom stereocenters. The van der Waals surface area contributed by atoms with Crippen LogP contribution in [0.2, 0.25) is 0 Å². The molecule has 7 nitrogen and oxygen atoms in total. The SMILES string of the molecule is CNS(=O)(=O)CCNC(=O)[C@H]1COc2c(cccc2OC)C1. The van der Waals surface area contributed by atoms with Crippen molar-refractivity contribution >= 4 is 15.9 Å². The van der Waals surface area contributed by atoms with Gasteiger partial charge in [-0.05, 0) is 25.1 Å². The van der Waals surface area contributed by atoms with E-state index in [1.807, 2.05) is 18.2 Å². The van der Waals surface area contributed by atoms with Crippen LogP contribution in [0.3, 0.4) is 0 Å². The zero-order valence-electron chi connectivity index (χ0n) is 12.6. The number of para-hydroxylation sites is 1. The van der Waals surface area contributed by atoms with Gasteiger partial charge in [0.25, 0.3) is 0 Å². The van der Waals surface area contributed by atoms with Gasteiger partial charge < -0.3 is 14.8 Å². The van der Waals surface area contributed by atoms with Crippen LogP contribution < -0.4 is 19.5 Å². The van der Waals surface area contributed by atoms with Crippen LogP contribution in [0.5, 0.6) is 11.5 Å². The topological polar surface area (TPSA) is 93.7 Å². The van der Waals surface area contributed by atoms with Crippen molar-refractivity contribution in [1.82, 2.24) is 10.0 Å². The van der Waals surface area contributed by atoms with Crippen LogP contribution in [0, 0.1) is 5.92 Å². The minimum atomic E-state index is -3.32. The fourth-order valence-corrected chi connectivity index (χ4v) is 2.85. The molecule has 22 heavy (non-hydrogen) atoms. The maximum Gasteiger partial charge on any atom is 0.226 e. The van der Waals surface area contributed by atoms with Crippen molar-refractivity contribution in [2.24, 2.45) is 5.92 Å². The van der Waals surface area contributed by atoms with E-state index in [9.17, 15) is 13.2 Å². The lowest BCUT2D eigenvalue weighted by molar-refractivity contribution is -0.126. The van der Waals surface area contributed by atoms with Gasteiger partial charge in [-0.15, -0.1) is 0 Å². The minimum absolute atomic E-state index is 0.0729. The first kappa shape index (κ1) is 16.6. The Morgan fingerprint density at radius 2 is 2.23 bits per heavy atom. The lowest BCUT2D eigenvalue weighted by Gasteiger charge is -2.25. The lowest BCUT2D eigenvalue weighted by Crippen LogP contribution is -2.40. The Morgan fingerprint density at radius 3 is 2.91 bits per heavy atom. The van der Waals surface area contributed by atoms with Crippen molar-refractivity contribution in [3.05, 3.63) is 23.8 Å². The Hall–Kier alpha value is -1.80. The molecule has 1 atom stereocenters. The van der Waals surface area contributed by atoms with Crippen LogP contribution in [-0.2, 0) is 21.2 Å². The number of sulfonamides is 1. The first-order valence-corrected chi connectivity index (χ1v) is 8.59. The first-order chi connectivity index (χ1) is 10.5. The monoisotopic (exact) mass is 328 g/mol. The van der Waals surface area contributed by atoms with Crippen molar-refractivity contribution in [1.29, 1.82) is 0 Å². The maximum atomic E-state index is 12.1. The molecular formula is C14H20N2O5S. The van der Waals surface area contributed by atoms with Crippen LogP contribution in [0.4, 0.5) is 0 Å². The van der Waals surface area contributed by atoms with Crippen LogP contribution in [0.15, 0.2) is 18.2 Å². The fraction of sp³-hybridized carbons (Fsp3) is 0.500. The molecule has 8 heteroatoms. The van der Waals surface area contributed by atoms with E-state index in [-0.39, 0.29) is 30.7 Å². The third-order valence-electron chi connectivity index (χ3n) is 3.53. The summed E-state index contributed by atoms with van der Waals surface area (Å²) >= 11 is 0. The fourth-order valence-electron chi connectivity index (χ4n) is 2.28. The Bertz CT molecular complexity index is 645. The third-order valence-corrected chi connectivity index (χ3v) is 4.89. The largest absolute Gasteiger partial charge is 0.493 e. The second-order valence-electron chi connectivity index (χ2n) is 4.97. The average molecular weight is 328 g/mol. The molecule has 0 radical (unpaired) electrons. The van der Waals surface area contributed by atoms with E-state index >= 15 is 0 Å².